The van der Waals surface area contributed by atoms with Gasteiger partial charge in [0, 0.05) is 48.1 Å². The van der Waals surface area contributed by atoms with E-state index in [0.717, 1.165) is 69.5 Å². The van der Waals surface area contributed by atoms with Crippen molar-refractivity contribution in [2.45, 2.75) is 16.2 Å². The number of para-hydroxylation sites is 1. The van der Waals surface area contributed by atoms with Crippen LogP contribution < -0.4 is 9.64 Å². The average molecular weight is 504 g/mol. The predicted molar refractivity (Wildman–Crippen MR) is 139 cm³/mol. The van der Waals surface area contributed by atoms with Crippen molar-refractivity contribution in [3.8, 4) is 5.75 Å². The van der Waals surface area contributed by atoms with Crippen molar-refractivity contribution in [1.82, 2.24) is 9.88 Å². The Morgan fingerprint density at radius 1 is 1.21 bits per heavy atom. The van der Waals surface area contributed by atoms with Gasteiger partial charge in [0.05, 0.1) is 30.5 Å². The quantitative estimate of drug-likeness (QED) is 0.366. The van der Waals surface area contributed by atoms with E-state index in [4.69, 9.17) is 14.5 Å². The first-order valence-electron chi connectivity index (χ1n) is 11.0. The van der Waals surface area contributed by atoms with Crippen LogP contribution in [0.25, 0.3) is 10.2 Å². The number of methoxy groups -OCH3 is 1. The Morgan fingerprint density at radius 2 is 2.00 bits per heavy atom. The number of aromatic nitrogens is 1. The molecule has 1 aliphatic heterocycles. The SMILES string of the molecule is COc1ccc(SCCC(=O)N(CCN2CCOCC2)c2nc3c(SC)cccc3s2)cc1. The third kappa shape index (κ3) is 6.42. The molecule has 0 unspecified atom stereocenters. The molecule has 2 heterocycles. The molecule has 0 bridgehead atoms. The van der Waals surface area contributed by atoms with Crippen LogP contribution in [0, 0.1) is 0 Å². The number of ether oxygens (including phenoxy) is 2. The highest BCUT2D eigenvalue weighted by atomic mass is 32.2. The lowest BCUT2D eigenvalue weighted by Gasteiger charge is -2.29. The van der Waals surface area contributed by atoms with E-state index in [2.05, 4.69) is 29.4 Å². The summed E-state index contributed by atoms with van der Waals surface area (Å²) < 4.78 is 11.8. The molecule has 0 N–H and O–H groups in total. The second kappa shape index (κ2) is 12.1. The Balaban J connectivity index is 1.45. The molecule has 6 nitrogen and oxygen atoms in total. The second-order valence-corrected chi connectivity index (χ2v) is 10.6. The van der Waals surface area contributed by atoms with Crippen molar-refractivity contribution >= 4 is 56.1 Å². The Hall–Kier alpha value is -1.78. The van der Waals surface area contributed by atoms with E-state index in [1.165, 1.54) is 0 Å². The molecular formula is C24H29N3O3S3. The Kier molecular flexibility index (Phi) is 8.91. The minimum atomic E-state index is 0.119. The Labute approximate surface area is 207 Å². The first kappa shape index (κ1) is 24.3. The summed E-state index contributed by atoms with van der Waals surface area (Å²) in [5.74, 6) is 1.68. The van der Waals surface area contributed by atoms with Gasteiger partial charge in [0.15, 0.2) is 5.13 Å². The van der Waals surface area contributed by atoms with Crippen LogP contribution >= 0.6 is 34.9 Å². The summed E-state index contributed by atoms with van der Waals surface area (Å²) in [4.78, 5) is 24.8. The van der Waals surface area contributed by atoms with Crippen LogP contribution in [0.2, 0.25) is 0 Å². The zero-order chi connectivity index (χ0) is 23.0. The maximum atomic E-state index is 13.3. The summed E-state index contributed by atoms with van der Waals surface area (Å²) in [6.45, 7) is 4.79. The molecule has 1 saturated heterocycles. The van der Waals surface area contributed by atoms with Crippen molar-refractivity contribution in [2.75, 3.05) is 63.4 Å². The van der Waals surface area contributed by atoms with Gasteiger partial charge in [-0.05, 0) is 42.7 Å². The first-order chi connectivity index (χ1) is 16.2. The minimum Gasteiger partial charge on any atom is -0.497 e. The fraction of sp³-hybridized carbons (Fsp3) is 0.417. The molecule has 1 fully saturated rings. The number of carbonyl (C=O) groups is 1. The van der Waals surface area contributed by atoms with Gasteiger partial charge in [-0.25, -0.2) is 4.98 Å². The van der Waals surface area contributed by atoms with Gasteiger partial charge >= 0.3 is 0 Å². The topological polar surface area (TPSA) is 54.9 Å². The number of rotatable bonds is 10. The van der Waals surface area contributed by atoms with Gasteiger partial charge in [0.25, 0.3) is 0 Å². The summed E-state index contributed by atoms with van der Waals surface area (Å²) in [6.07, 6.45) is 2.52. The molecule has 2 aromatic carbocycles. The molecule has 176 valence electrons. The summed E-state index contributed by atoms with van der Waals surface area (Å²) in [6, 6.07) is 14.2. The number of morpholine rings is 1. The highest BCUT2D eigenvalue weighted by Gasteiger charge is 2.22. The molecule has 9 heteroatoms. The zero-order valence-corrected chi connectivity index (χ0v) is 21.4. The average Bonchev–Trinajstić information content (AvgIpc) is 3.29. The molecule has 0 spiro atoms. The van der Waals surface area contributed by atoms with Gasteiger partial charge < -0.3 is 9.47 Å². The number of thiazole rings is 1. The van der Waals surface area contributed by atoms with E-state index in [9.17, 15) is 4.79 Å². The first-order valence-corrected chi connectivity index (χ1v) is 14.0. The number of anilines is 1. The molecule has 1 amide bonds. The third-order valence-electron chi connectivity index (χ3n) is 5.51. The van der Waals surface area contributed by atoms with E-state index in [-0.39, 0.29) is 5.91 Å². The summed E-state index contributed by atoms with van der Waals surface area (Å²) in [5.41, 5.74) is 0.988. The maximum Gasteiger partial charge on any atom is 0.229 e. The van der Waals surface area contributed by atoms with Crippen LogP contribution in [0.1, 0.15) is 6.42 Å². The van der Waals surface area contributed by atoms with Gasteiger partial charge in [-0.1, -0.05) is 17.4 Å². The van der Waals surface area contributed by atoms with Crippen molar-refractivity contribution in [2.24, 2.45) is 0 Å². The largest absolute Gasteiger partial charge is 0.497 e. The van der Waals surface area contributed by atoms with Gasteiger partial charge in [0.1, 0.15) is 5.75 Å². The highest BCUT2D eigenvalue weighted by Crippen LogP contribution is 2.34. The molecule has 1 aliphatic rings. The van der Waals surface area contributed by atoms with Crippen LogP contribution in [-0.2, 0) is 9.53 Å². The van der Waals surface area contributed by atoms with E-state index in [1.807, 2.05) is 29.2 Å². The summed E-state index contributed by atoms with van der Waals surface area (Å²) in [5, 5.41) is 0.791. The van der Waals surface area contributed by atoms with E-state index >= 15 is 0 Å². The van der Waals surface area contributed by atoms with Crippen LogP contribution in [0.4, 0.5) is 5.13 Å². The van der Waals surface area contributed by atoms with Crippen molar-refractivity contribution in [1.29, 1.82) is 0 Å². The zero-order valence-electron chi connectivity index (χ0n) is 19.0. The van der Waals surface area contributed by atoms with Gasteiger partial charge in [-0.15, -0.1) is 23.5 Å². The number of hydrogen-bond donors (Lipinski definition) is 0. The van der Waals surface area contributed by atoms with E-state index in [0.29, 0.717) is 13.0 Å². The van der Waals surface area contributed by atoms with E-state index < -0.39 is 0 Å². The Bertz CT molecular complexity index is 1050. The summed E-state index contributed by atoms with van der Waals surface area (Å²) in [7, 11) is 1.66. The molecule has 0 saturated carbocycles. The lowest BCUT2D eigenvalue weighted by molar-refractivity contribution is -0.118. The minimum absolute atomic E-state index is 0.119. The van der Waals surface area contributed by atoms with Crippen LogP contribution in [-0.4, -0.2) is 74.3 Å². The lowest BCUT2D eigenvalue weighted by Crippen LogP contribution is -2.43. The molecule has 33 heavy (non-hydrogen) atoms. The maximum absolute atomic E-state index is 13.3. The van der Waals surface area contributed by atoms with Gasteiger partial charge in [-0.2, -0.15) is 0 Å². The highest BCUT2D eigenvalue weighted by molar-refractivity contribution is 7.99. The molecule has 0 aliphatic carbocycles. The monoisotopic (exact) mass is 503 g/mol. The smallest absolute Gasteiger partial charge is 0.229 e. The van der Waals surface area contributed by atoms with Gasteiger partial charge in [0.2, 0.25) is 5.91 Å². The van der Waals surface area contributed by atoms with Gasteiger partial charge in [-0.3, -0.25) is 14.6 Å². The molecule has 3 aromatic rings. The fourth-order valence-electron chi connectivity index (χ4n) is 3.65. The number of fused-ring (bicyclic) bond motifs is 1. The molecule has 4 rings (SSSR count). The van der Waals surface area contributed by atoms with Crippen molar-refractivity contribution < 1.29 is 14.3 Å². The number of hydrogen-bond acceptors (Lipinski definition) is 8. The molecule has 1 aromatic heterocycles. The Morgan fingerprint density at radius 3 is 2.73 bits per heavy atom. The van der Waals surface area contributed by atoms with Crippen molar-refractivity contribution in [3.63, 3.8) is 0 Å². The standard InChI is InChI=1S/C24H29N3O3S3/c1-29-18-6-8-19(9-7-18)32-17-10-22(28)27(12-11-26-13-15-30-16-14-26)24-25-23-20(31-2)4-3-5-21(23)33-24/h3-9H,10-17H2,1-2H3. The number of amides is 1. The second-order valence-electron chi connectivity index (χ2n) is 7.58. The molecule has 0 atom stereocenters. The van der Waals surface area contributed by atoms with Crippen molar-refractivity contribution in [3.05, 3.63) is 42.5 Å². The number of carbonyl (C=O) groups excluding carboxylic acids is 1. The van der Waals surface area contributed by atoms with E-state index in [1.54, 1.807) is 42.0 Å². The molecule has 0 radical (unpaired) electrons. The normalized spacial score (nSPS) is 14.5. The number of benzene rings is 2. The van der Waals surface area contributed by atoms with Crippen LogP contribution in [0.5, 0.6) is 5.75 Å². The third-order valence-corrected chi connectivity index (χ3v) is 8.34. The van der Waals surface area contributed by atoms with Crippen LogP contribution in [0.3, 0.4) is 0 Å². The summed E-state index contributed by atoms with van der Waals surface area (Å²) >= 11 is 4.98. The lowest BCUT2D eigenvalue weighted by atomic mass is 10.3. The number of nitrogens with zero attached hydrogens (tertiary/aromatic N) is 3. The number of thioether (sulfide) groups is 2. The molecular weight excluding hydrogens is 474 g/mol. The predicted octanol–water partition coefficient (Wildman–Crippen LogP) is 4.87. The van der Waals surface area contributed by atoms with Crippen LogP contribution in [0.15, 0.2) is 52.3 Å². The fourth-order valence-corrected chi connectivity index (χ4v) is 6.15.